The number of rotatable bonds is 2. The zero-order valence-electron chi connectivity index (χ0n) is 11.0. The molecule has 2 atom stereocenters. The largest absolute Gasteiger partial charge is 0.385 e. The summed E-state index contributed by atoms with van der Waals surface area (Å²) in [5.74, 6) is 0.914. The molecule has 0 aromatic carbocycles. The molecular weight excluding hydrogens is 228 g/mol. The van der Waals surface area contributed by atoms with Crippen molar-refractivity contribution in [2.75, 3.05) is 19.0 Å². The van der Waals surface area contributed by atoms with Crippen molar-refractivity contribution in [2.24, 2.45) is 0 Å². The minimum atomic E-state index is -0.748. The Bertz CT molecular complexity index is 418. The molecule has 0 radical (unpaired) electrons. The van der Waals surface area contributed by atoms with Crippen molar-refractivity contribution in [1.29, 1.82) is 0 Å². The highest BCUT2D eigenvalue weighted by Crippen LogP contribution is 2.43. The average molecular weight is 248 g/mol. The van der Waals surface area contributed by atoms with Gasteiger partial charge in [-0.3, -0.25) is 0 Å². The molecule has 0 spiro atoms. The minimum absolute atomic E-state index is 0.224. The topological polar surface area (TPSA) is 45.6 Å². The molecule has 2 aliphatic rings. The van der Waals surface area contributed by atoms with Gasteiger partial charge in [0.2, 0.25) is 0 Å². The van der Waals surface area contributed by atoms with Crippen molar-refractivity contribution in [3.05, 3.63) is 23.9 Å². The van der Waals surface area contributed by atoms with Crippen LogP contribution in [0.5, 0.6) is 0 Å². The third kappa shape index (κ3) is 1.99. The quantitative estimate of drug-likeness (QED) is 0.865. The lowest BCUT2D eigenvalue weighted by molar-refractivity contribution is -0.115. The molecule has 3 heterocycles. The molecule has 2 aliphatic heterocycles. The van der Waals surface area contributed by atoms with E-state index in [1.807, 2.05) is 31.1 Å². The summed E-state index contributed by atoms with van der Waals surface area (Å²) in [5.41, 5.74) is 0.176. The molecule has 2 bridgehead atoms. The van der Waals surface area contributed by atoms with Gasteiger partial charge in [-0.2, -0.15) is 0 Å². The summed E-state index contributed by atoms with van der Waals surface area (Å²) >= 11 is 0. The van der Waals surface area contributed by atoms with E-state index < -0.39 is 5.60 Å². The summed E-state index contributed by atoms with van der Waals surface area (Å²) in [5, 5.41) is 10.8. The van der Waals surface area contributed by atoms with E-state index in [2.05, 4.69) is 4.98 Å². The molecule has 1 N–H and O–H groups in total. The first kappa shape index (κ1) is 11.9. The molecule has 3 rings (SSSR count). The normalized spacial score (nSPS) is 34.6. The van der Waals surface area contributed by atoms with Gasteiger partial charge < -0.3 is 14.7 Å². The molecule has 0 amide bonds. The Hall–Kier alpha value is -1.13. The second-order valence-electron chi connectivity index (χ2n) is 5.70. The fourth-order valence-electron chi connectivity index (χ4n) is 3.08. The van der Waals surface area contributed by atoms with Crippen LogP contribution >= 0.6 is 0 Å². The number of fused-ring (bicyclic) bond motifs is 2. The van der Waals surface area contributed by atoms with E-state index in [0.29, 0.717) is 12.8 Å². The summed E-state index contributed by atoms with van der Waals surface area (Å²) in [6.07, 6.45) is 5.82. The van der Waals surface area contributed by atoms with Crippen molar-refractivity contribution in [2.45, 2.75) is 43.5 Å². The first-order valence-corrected chi connectivity index (χ1v) is 6.58. The Morgan fingerprint density at radius 1 is 1.28 bits per heavy atom. The van der Waals surface area contributed by atoms with Crippen molar-refractivity contribution in [3.63, 3.8) is 0 Å². The molecular formula is C14H20N2O2. The molecule has 4 heteroatoms. The monoisotopic (exact) mass is 248 g/mol. The van der Waals surface area contributed by atoms with Gasteiger partial charge in [0, 0.05) is 38.7 Å². The molecule has 0 saturated carbocycles. The zero-order valence-corrected chi connectivity index (χ0v) is 11.0. The van der Waals surface area contributed by atoms with Gasteiger partial charge in [0.15, 0.2) is 0 Å². The SMILES string of the molecule is CN(C)c1ccc(C2(O)CC3CCC(C2)O3)cn1. The number of ether oxygens (including phenoxy) is 1. The van der Waals surface area contributed by atoms with E-state index >= 15 is 0 Å². The highest BCUT2D eigenvalue weighted by atomic mass is 16.5. The maximum atomic E-state index is 10.8. The van der Waals surface area contributed by atoms with Crippen LogP contribution in [0.15, 0.2) is 18.3 Å². The van der Waals surface area contributed by atoms with Crippen LogP contribution in [-0.2, 0) is 10.3 Å². The number of aliphatic hydroxyl groups is 1. The minimum Gasteiger partial charge on any atom is -0.385 e. The zero-order chi connectivity index (χ0) is 12.8. The second-order valence-corrected chi connectivity index (χ2v) is 5.70. The fourth-order valence-corrected chi connectivity index (χ4v) is 3.08. The summed E-state index contributed by atoms with van der Waals surface area (Å²) in [4.78, 5) is 6.35. The van der Waals surface area contributed by atoms with Gasteiger partial charge in [0.25, 0.3) is 0 Å². The molecule has 0 aliphatic carbocycles. The average Bonchev–Trinajstić information content (AvgIpc) is 2.69. The van der Waals surface area contributed by atoms with Crippen LogP contribution in [0.4, 0.5) is 5.82 Å². The van der Waals surface area contributed by atoms with Crippen molar-refractivity contribution in [1.82, 2.24) is 4.98 Å². The molecule has 2 fully saturated rings. The molecule has 98 valence electrons. The Morgan fingerprint density at radius 2 is 1.94 bits per heavy atom. The number of anilines is 1. The van der Waals surface area contributed by atoms with Crippen molar-refractivity contribution < 1.29 is 9.84 Å². The van der Waals surface area contributed by atoms with Crippen molar-refractivity contribution in [3.8, 4) is 0 Å². The van der Waals surface area contributed by atoms with Gasteiger partial charge in [-0.05, 0) is 18.9 Å². The lowest BCUT2D eigenvalue weighted by atomic mass is 9.84. The van der Waals surface area contributed by atoms with Crippen LogP contribution in [0.2, 0.25) is 0 Å². The number of hydrogen-bond donors (Lipinski definition) is 1. The van der Waals surface area contributed by atoms with E-state index in [0.717, 1.165) is 24.2 Å². The Balaban J connectivity index is 1.85. The van der Waals surface area contributed by atoms with Crippen LogP contribution in [0.25, 0.3) is 0 Å². The molecule has 18 heavy (non-hydrogen) atoms. The summed E-state index contributed by atoms with van der Waals surface area (Å²) in [7, 11) is 3.93. The number of nitrogens with zero attached hydrogens (tertiary/aromatic N) is 2. The molecule has 1 aromatic heterocycles. The predicted molar refractivity (Wildman–Crippen MR) is 69.6 cm³/mol. The van der Waals surface area contributed by atoms with Crippen molar-refractivity contribution >= 4 is 5.82 Å². The highest BCUT2D eigenvalue weighted by molar-refractivity contribution is 5.38. The lowest BCUT2D eigenvalue weighted by Crippen LogP contribution is -2.38. The standard InChI is InChI=1S/C14H20N2O2/c1-16(2)13-6-3-10(9-15-13)14(17)7-11-4-5-12(8-14)18-11/h3,6,9,11-12,17H,4-5,7-8H2,1-2H3. The van der Waals surface area contributed by atoms with Gasteiger partial charge in [-0.1, -0.05) is 6.07 Å². The number of aromatic nitrogens is 1. The third-order valence-electron chi connectivity index (χ3n) is 4.07. The second kappa shape index (κ2) is 4.21. The van der Waals surface area contributed by atoms with Crippen LogP contribution in [0.3, 0.4) is 0 Å². The maximum absolute atomic E-state index is 10.8. The summed E-state index contributed by atoms with van der Waals surface area (Å²) in [6, 6.07) is 3.96. The van der Waals surface area contributed by atoms with E-state index in [9.17, 15) is 5.11 Å². The van der Waals surface area contributed by atoms with Gasteiger partial charge in [-0.15, -0.1) is 0 Å². The van der Waals surface area contributed by atoms with Crippen LogP contribution in [-0.4, -0.2) is 36.4 Å². The van der Waals surface area contributed by atoms with E-state index in [4.69, 9.17) is 4.74 Å². The highest BCUT2D eigenvalue weighted by Gasteiger charge is 2.44. The first-order valence-electron chi connectivity index (χ1n) is 6.58. The summed E-state index contributed by atoms with van der Waals surface area (Å²) in [6.45, 7) is 0. The van der Waals surface area contributed by atoms with E-state index in [-0.39, 0.29) is 12.2 Å². The predicted octanol–water partition coefficient (Wildman–Crippen LogP) is 1.68. The van der Waals surface area contributed by atoms with Gasteiger partial charge in [0.05, 0.1) is 17.8 Å². The third-order valence-corrected chi connectivity index (χ3v) is 4.07. The molecule has 1 aromatic rings. The maximum Gasteiger partial charge on any atom is 0.127 e. The van der Waals surface area contributed by atoms with E-state index in [1.165, 1.54) is 0 Å². The van der Waals surface area contributed by atoms with Gasteiger partial charge >= 0.3 is 0 Å². The number of hydrogen-bond acceptors (Lipinski definition) is 4. The van der Waals surface area contributed by atoms with Crippen LogP contribution < -0.4 is 4.90 Å². The fraction of sp³-hybridized carbons (Fsp3) is 0.643. The Labute approximate surface area is 108 Å². The van der Waals surface area contributed by atoms with Gasteiger partial charge in [0.1, 0.15) is 5.82 Å². The van der Waals surface area contributed by atoms with Crippen LogP contribution in [0.1, 0.15) is 31.2 Å². The molecule has 2 unspecified atom stereocenters. The first-order chi connectivity index (χ1) is 8.57. The Morgan fingerprint density at radius 3 is 2.44 bits per heavy atom. The molecule has 4 nitrogen and oxygen atoms in total. The Kier molecular flexibility index (Phi) is 2.79. The number of pyridine rings is 1. The van der Waals surface area contributed by atoms with Gasteiger partial charge in [-0.25, -0.2) is 4.98 Å². The smallest absolute Gasteiger partial charge is 0.127 e. The van der Waals surface area contributed by atoms with Crippen LogP contribution in [0, 0.1) is 0 Å². The lowest BCUT2D eigenvalue weighted by Gasteiger charge is -2.36. The molecule has 2 saturated heterocycles. The summed E-state index contributed by atoms with van der Waals surface area (Å²) < 4.78 is 5.79. The van der Waals surface area contributed by atoms with E-state index in [1.54, 1.807) is 6.20 Å².